The average molecular weight is 324 g/mol. The Labute approximate surface area is 135 Å². The van der Waals surface area contributed by atoms with Crippen molar-refractivity contribution < 1.29 is 29.0 Å². The Morgan fingerprint density at radius 3 is 1.35 bits per heavy atom. The van der Waals surface area contributed by atoms with E-state index in [4.69, 9.17) is 4.74 Å². The van der Waals surface area contributed by atoms with Crippen molar-refractivity contribution in [3.05, 3.63) is 0 Å². The van der Waals surface area contributed by atoms with Gasteiger partial charge in [0.1, 0.15) is 0 Å². The summed E-state index contributed by atoms with van der Waals surface area (Å²) in [5.41, 5.74) is -6.34. The molecule has 0 aromatic heterocycles. The van der Waals surface area contributed by atoms with E-state index >= 15 is 0 Å². The first-order chi connectivity index (χ1) is 10.3. The Morgan fingerprint density at radius 1 is 0.739 bits per heavy atom. The molecule has 6 nitrogen and oxygen atoms in total. The van der Waals surface area contributed by atoms with E-state index < -0.39 is 45.2 Å². The van der Waals surface area contributed by atoms with E-state index in [-0.39, 0.29) is 25.7 Å². The third-order valence-electron chi connectivity index (χ3n) is 4.96. The molecule has 1 N–H and O–H groups in total. The highest BCUT2D eigenvalue weighted by Crippen LogP contribution is 2.47. The van der Waals surface area contributed by atoms with Gasteiger partial charge in [-0.05, 0) is 10.8 Å². The molecule has 0 spiro atoms. The highest BCUT2D eigenvalue weighted by Gasteiger charge is 2.72. The molecule has 2 aliphatic rings. The van der Waals surface area contributed by atoms with Crippen LogP contribution in [0.5, 0.6) is 0 Å². The molecule has 128 valence electrons. The van der Waals surface area contributed by atoms with Crippen LogP contribution < -0.4 is 0 Å². The zero-order valence-corrected chi connectivity index (χ0v) is 14.3. The lowest BCUT2D eigenvalue weighted by atomic mass is 9.56. The predicted molar refractivity (Wildman–Crippen MR) is 80.7 cm³/mol. The molecule has 0 saturated heterocycles. The number of hydrogen-bond acceptors (Lipinski definition) is 6. The molecule has 2 saturated carbocycles. The van der Waals surface area contributed by atoms with Crippen LogP contribution in [0.1, 0.15) is 53.4 Å². The van der Waals surface area contributed by atoms with Gasteiger partial charge in [0.15, 0.2) is 23.1 Å². The maximum Gasteiger partial charge on any atom is 0.227 e. The van der Waals surface area contributed by atoms with Crippen LogP contribution in [0.2, 0.25) is 0 Å². The lowest BCUT2D eigenvalue weighted by molar-refractivity contribution is -0.205. The molecule has 6 heteroatoms. The van der Waals surface area contributed by atoms with Crippen molar-refractivity contribution in [3.8, 4) is 0 Å². The third kappa shape index (κ3) is 2.39. The summed E-state index contributed by atoms with van der Waals surface area (Å²) >= 11 is 0. The number of Topliss-reactive ketones (excluding diaryl/α,β-unsaturated/α-hetero) is 4. The van der Waals surface area contributed by atoms with Gasteiger partial charge < -0.3 is 9.84 Å². The van der Waals surface area contributed by atoms with Gasteiger partial charge in [-0.15, -0.1) is 0 Å². The molecule has 2 fully saturated rings. The molecule has 2 rings (SSSR count). The number of carbonyl (C=O) groups is 4. The Bertz CT molecular complexity index is 558. The van der Waals surface area contributed by atoms with E-state index in [9.17, 15) is 24.3 Å². The predicted octanol–water partition coefficient (Wildman–Crippen LogP) is 1.02. The van der Waals surface area contributed by atoms with Crippen LogP contribution in [0.3, 0.4) is 0 Å². The monoisotopic (exact) mass is 324 g/mol. The summed E-state index contributed by atoms with van der Waals surface area (Å²) in [6, 6.07) is 0. The number of rotatable bonds is 2. The van der Waals surface area contributed by atoms with Crippen molar-refractivity contribution in [1.29, 1.82) is 0 Å². The molecule has 0 aromatic rings. The summed E-state index contributed by atoms with van der Waals surface area (Å²) in [5, 5.41) is 11.0. The second-order valence-electron chi connectivity index (χ2n) is 8.32. The lowest BCUT2D eigenvalue weighted by Crippen LogP contribution is -2.75. The van der Waals surface area contributed by atoms with Crippen LogP contribution in [0.4, 0.5) is 0 Å². The van der Waals surface area contributed by atoms with Gasteiger partial charge in [0.2, 0.25) is 11.2 Å². The molecule has 0 heterocycles. The number of carbonyl (C=O) groups excluding carboxylic acids is 4. The average Bonchev–Trinajstić information content (AvgIpc) is 2.34. The van der Waals surface area contributed by atoms with E-state index in [1.54, 1.807) is 27.7 Å². The zero-order valence-electron chi connectivity index (χ0n) is 14.3. The van der Waals surface area contributed by atoms with Crippen LogP contribution >= 0.6 is 0 Å². The van der Waals surface area contributed by atoms with Crippen LogP contribution in [0, 0.1) is 10.8 Å². The molecule has 23 heavy (non-hydrogen) atoms. The highest BCUT2D eigenvalue weighted by atomic mass is 16.5. The van der Waals surface area contributed by atoms with Crippen molar-refractivity contribution in [1.82, 2.24) is 0 Å². The van der Waals surface area contributed by atoms with Crippen molar-refractivity contribution in [2.75, 3.05) is 7.11 Å². The largest absolute Gasteiger partial charge is 0.372 e. The smallest absolute Gasteiger partial charge is 0.227 e. The van der Waals surface area contributed by atoms with Crippen LogP contribution in [0.15, 0.2) is 0 Å². The van der Waals surface area contributed by atoms with Gasteiger partial charge in [-0.3, -0.25) is 19.2 Å². The number of ketones is 4. The SMILES string of the molecule is COC1(C2(O)C(=O)CC(C)(C)CC2=O)C(=O)CC(C)(C)CC1=O. The number of ether oxygens (including phenoxy) is 1. The fourth-order valence-corrected chi connectivity index (χ4v) is 3.85. The minimum absolute atomic E-state index is 0.0428. The quantitative estimate of drug-likeness (QED) is 0.762. The van der Waals surface area contributed by atoms with E-state index in [0.29, 0.717) is 0 Å². The van der Waals surface area contributed by atoms with Crippen molar-refractivity contribution >= 4 is 23.1 Å². The maximum atomic E-state index is 12.7. The van der Waals surface area contributed by atoms with Crippen LogP contribution in [0.25, 0.3) is 0 Å². The van der Waals surface area contributed by atoms with Crippen LogP contribution in [-0.2, 0) is 23.9 Å². The fraction of sp³-hybridized carbons (Fsp3) is 0.765. The van der Waals surface area contributed by atoms with E-state index in [1.165, 1.54) is 0 Å². The number of methoxy groups -OCH3 is 1. The first-order valence-electron chi connectivity index (χ1n) is 7.73. The van der Waals surface area contributed by atoms with Gasteiger partial charge in [0.25, 0.3) is 0 Å². The fourth-order valence-electron chi connectivity index (χ4n) is 3.85. The molecular formula is C17H24O6. The Hall–Kier alpha value is -1.40. The summed E-state index contributed by atoms with van der Waals surface area (Å²) in [6.07, 6.45) is -0.272. The van der Waals surface area contributed by atoms with Gasteiger partial charge in [-0.25, -0.2) is 0 Å². The topological polar surface area (TPSA) is 97.7 Å². The molecule has 0 unspecified atom stereocenters. The molecule has 0 bridgehead atoms. The summed E-state index contributed by atoms with van der Waals surface area (Å²) in [5.74, 6) is -3.04. The minimum Gasteiger partial charge on any atom is -0.372 e. The first-order valence-corrected chi connectivity index (χ1v) is 7.73. The van der Waals surface area contributed by atoms with Gasteiger partial charge in [0.05, 0.1) is 0 Å². The van der Waals surface area contributed by atoms with E-state index in [0.717, 1.165) is 7.11 Å². The van der Waals surface area contributed by atoms with Gasteiger partial charge in [-0.2, -0.15) is 0 Å². The molecule has 2 aliphatic carbocycles. The minimum atomic E-state index is -2.72. The Morgan fingerprint density at radius 2 is 1.04 bits per heavy atom. The van der Waals surface area contributed by atoms with E-state index in [2.05, 4.69) is 0 Å². The van der Waals surface area contributed by atoms with Crippen molar-refractivity contribution in [3.63, 3.8) is 0 Å². The number of aliphatic hydroxyl groups is 1. The Balaban J connectivity index is 2.60. The summed E-state index contributed by atoms with van der Waals surface area (Å²) < 4.78 is 5.16. The molecule has 0 atom stereocenters. The Kier molecular flexibility index (Phi) is 3.94. The van der Waals surface area contributed by atoms with Gasteiger partial charge in [0, 0.05) is 32.8 Å². The zero-order chi connectivity index (χ0) is 17.8. The second-order valence-corrected chi connectivity index (χ2v) is 8.32. The van der Waals surface area contributed by atoms with E-state index in [1.807, 2.05) is 0 Å². The highest BCUT2D eigenvalue weighted by molar-refractivity contribution is 6.27. The molecule has 0 radical (unpaired) electrons. The summed E-state index contributed by atoms with van der Waals surface area (Å²) in [7, 11) is 1.09. The first kappa shape index (κ1) is 17.9. The van der Waals surface area contributed by atoms with Crippen molar-refractivity contribution in [2.45, 2.75) is 64.6 Å². The molecule has 0 aromatic carbocycles. The lowest BCUT2D eigenvalue weighted by Gasteiger charge is -2.49. The van der Waals surface area contributed by atoms with Gasteiger partial charge in [-0.1, -0.05) is 27.7 Å². The number of hydrogen-bond donors (Lipinski definition) is 1. The molecular weight excluding hydrogens is 300 g/mol. The van der Waals surface area contributed by atoms with Gasteiger partial charge >= 0.3 is 0 Å². The third-order valence-corrected chi connectivity index (χ3v) is 4.96. The maximum absolute atomic E-state index is 12.7. The summed E-state index contributed by atoms with van der Waals surface area (Å²) in [4.78, 5) is 50.6. The van der Waals surface area contributed by atoms with Crippen LogP contribution in [-0.4, -0.2) is 46.6 Å². The van der Waals surface area contributed by atoms with Crippen molar-refractivity contribution in [2.24, 2.45) is 10.8 Å². The molecule has 0 amide bonds. The second kappa shape index (κ2) is 5.05. The molecule has 0 aliphatic heterocycles. The normalized spacial score (nSPS) is 28.8. The standard InChI is InChI=1S/C17H24O6/c1-14(2)6-10(18)16(22,11(19)7-14)17(23-5)12(20)8-15(3,4)9-13(17)21/h22H,6-9H2,1-5H3. The summed E-state index contributed by atoms with van der Waals surface area (Å²) in [6.45, 7) is 6.96.